The van der Waals surface area contributed by atoms with Crippen molar-refractivity contribution in [1.82, 2.24) is 5.48 Å². The molecule has 0 fully saturated rings. The normalized spacial score (nSPS) is 11.7. The van der Waals surface area contributed by atoms with Crippen molar-refractivity contribution in [1.29, 1.82) is 0 Å². The highest BCUT2D eigenvalue weighted by atomic mass is 16.6. The molecule has 0 aromatic heterocycles. The zero-order valence-corrected chi connectivity index (χ0v) is 7.81. The minimum absolute atomic E-state index is 1.01. The van der Waals surface area contributed by atoms with Gasteiger partial charge < -0.3 is 0 Å². The van der Waals surface area contributed by atoms with Crippen molar-refractivity contribution in [3.8, 4) is 0 Å². The van der Waals surface area contributed by atoms with Gasteiger partial charge in [0.05, 0.1) is 7.11 Å². The van der Waals surface area contributed by atoms with Gasteiger partial charge in [0, 0.05) is 5.70 Å². The highest BCUT2D eigenvalue weighted by molar-refractivity contribution is 4.95. The third-order valence-corrected chi connectivity index (χ3v) is 1.56. The first-order chi connectivity index (χ1) is 5.35. The summed E-state index contributed by atoms with van der Waals surface area (Å²) in [6.45, 7) is 4.31. The Hall–Kier alpha value is -0.500. The standard InChI is InChI=1S/C9H19NO/c1-4-6-7-8-9(5-2)10-11-3/h8,10H,4-7H2,1-3H3. The smallest absolute Gasteiger partial charge is 0.0636 e. The van der Waals surface area contributed by atoms with E-state index < -0.39 is 0 Å². The lowest BCUT2D eigenvalue weighted by Crippen LogP contribution is -2.10. The van der Waals surface area contributed by atoms with E-state index in [2.05, 4.69) is 25.4 Å². The van der Waals surface area contributed by atoms with E-state index in [1.165, 1.54) is 18.5 Å². The zero-order valence-electron chi connectivity index (χ0n) is 7.81. The van der Waals surface area contributed by atoms with Gasteiger partial charge in [-0.15, -0.1) is 0 Å². The molecule has 2 heteroatoms. The lowest BCUT2D eigenvalue weighted by molar-refractivity contribution is 0.115. The molecule has 0 unspecified atom stereocenters. The van der Waals surface area contributed by atoms with Crippen LogP contribution in [-0.2, 0) is 4.84 Å². The predicted molar refractivity (Wildman–Crippen MR) is 48.0 cm³/mol. The summed E-state index contributed by atoms with van der Waals surface area (Å²) in [5.74, 6) is 0. The van der Waals surface area contributed by atoms with Crippen LogP contribution in [0.1, 0.15) is 39.5 Å². The Kier molecular flexibility index (Phi) is 7.26. The molecule has 66 valence electrons. The molecule has 0 aliphatic carbocycles. The predicted octanol–water partition coefficient (Wildman–Crippen LogP) is 2.62. The van der Waals surface area contributed by atoms with Gasteiger partial charge >= 0.3 is 0 Å². The number of hydrogen-bond donors (Lipinski definition) is 1. The molecular formula is C9H19NO. The van der Waals surface area contributed by atoms with Crippen LogP contribution in [-0.4, -0.2) is 7.11 Å². The Bertz CT molecular complexity index is 110. The molecule has 0 rings (SSSR count). The number of hydroxylamine groups is 1. The SMILES string of the molecule is CCCCC=C(CC)NOC. The fourth-order valence-corrected chi connectivity index (χ4v) is 0.870. The van der Waals surface area contributed by atoms with Crippen molar-refractivity contribution >= 4 is 0 Å². The van der Waals surface area contributed by atoms with Crippen molar-refractivity contribution in [2.24, 2.45) is 0 Å². The molecule has 0 saturated carbocycles. The van der Waals surface area contributed by atoms with Crippen molar-refractivity contribution in [3.63, 3.8) is 0 Å². The van der Waals surface area contributed by atoms with E-state index in [1.807, 2.05) is 0 Å². The summed E-state index contributed by atoms with van der Waals surface area (Å²) in [7, 11) is 1.64. The molecule has 0 aromatic carbocycles. The summed E-state index contributed by atoms with van der Waals surface area (Å²) in [4.78, 5) is 4.81. The van der Waals surface area contributed by atoms with Crippen molar-refractivity contribution in [2.45, 2.75) is 39.5 Å². The number of nitrogens with one attached hydrogen (secondary N) is 1. The summed E-state index contributed by atoms with van der Waals surface area (Å²) < 4.78 is 0. The Morgan fingerprint density at radius 3 is 2.64 bits per heavy atom. The van der Waals surface area contributed by atoms with Crippen molar-refractivity contribution in [3.05, 3.63) is 11.8 Å². The van der Waals surface area contributed by atoms with Crippen LogP contribution in [0.4, 0.5) is 0 Å². The molecule has 0 heterocycles. The number of unbranched alkanes of at least 4 members (excludes halogenated alkanes) is 2. The molecule has 0 atom stereocenters. The molecule has 2 nitrogen and oxygen atoms in total. The molecule has 0 saturated heterocycles. The monoisotopic (exact) mass is 157 g/mol. The molecule has 0 aliphatic rings. The second-order valence-corrected chi connectivity index (χ2v) is 2.53. The van der Waals surface area contributed by atoms with E-state index in [0.717, 1.165) is 12.8 Å². The first kappa shape index (κ1) is 10.5. The van der Waals surface area contributed by atoms with Gasteiger partial charge in [0.1, 0.15) is 0 Å². The number of hydrogen-bond acceptors (Lipinski definition) is 2. The molecule has 0 radical (unpaired) electrons. The third kappa shape index (κ3) is 5.92. The highest BCUT2D eigenvalue weighted by Crippen LogP contribution is 2.01. The summed E-state index contributed by atoms with van der Waals surface area (Å²) >= 11 is 0. The highest BCUT2D eigenvalue weighted by Gasteiger charge is 1.89. The quantitative estimate of drug-likeness (QED) is 0.472. The van der Waals surface area contributed by atoms with Crippen LogP contribution < -0.4 is 5.48 Å². The average Bonchev–Trinajstić information content (AvgIpc) is 2.03. The first-order valence-electron chi connectivity index (χ1n) is 4.33. The van der Waals surface area contributed by atoms with Gasteiger partial charge in [0.25, 0.3) is 0 Å². The molecular weight excluding hydrogens is 138 g/mol. The Labute approximate surface area is 69.6 Å². The van der Waals surface area contributed by atoms with Crippen LogP contribution in [0.5, 0.6) is 0 Å². The second-order valence-electron chi connectivity index (χ2n) is 2.53. The lowest BCUT2D eigenvalue weighted by Gasteiger charge is -2.04. The maximum absolute atomic E-state index is 4.81. The van der Waals surface area contributed by atoms with E-state index in [4.69, 9.17) is 4.84 Å². The lowest BCUT2D eigenvalue weighted by atomic mass is 10.2. The van der Waals surface area contributed by atoms with Gasteiger partial charge in [-0.1, -0.05) is 32.8 Å². The van der Waals surface area contributed by atoms with Crippen molar-refractivity contribution < 1.29 is 4.84 Å². The van der Waals surface area contributed by atoms with Crippen LogP contribution in [0.3, 0.4) is 0 Å². The fraction of sp³-hybridized carbons (Fsp3) is 0.778. The summed E-state index contributed by atoms with van der Waals surface area (Å²) in [5, 5.41) is 0. The molecule has 0 spiro atoms. The Morgan fingerprint density at radius 1 is 1.45 bits per heavy atom. The van der Waals surface area contributed by atoms with Crippen LogP contribution in [0.25, 0.3) is 0 Å². The molecule has 0 amide bonds. The van der Waals surface area contributed by atoms with E-state index in [1.54, 1.807) is 7.11 Å². The van der Waals surface area contributed by atoms with Crippen LogP contribution >= 0.6 is 0 Å². The third-order valence-electron chi connectivity index (χ3n) is 1.56. The number of rotatable bonds is 6. The summed E-state index contributed by atoms with van der Waals surface area (Å²) in [6.07, 6.45) is 6.87. The van der Waals surface area contributed by atoms with Gasteiger partial charge in [-0.25, -0.2) is 0 Å². The minimum Gasteiger partial charge on any atom is -0.280 e. The van der Waals surface area contributed by atoms with Gasteiger partial charge in [-0.2, -0.15) is 0 Å². The topological polar surface area (TPSA) is 21.3 Å². The van der Waals surface area contributed by atoms with Gasteiger partial charge in [-0.05, 0) is 12.8 Å². The maximum Gasteiger partial charge on any atom is 0.0636 e. The van der Waals surface area contributed by atoms with Crippen molar-refractivity contribution in [2.75, 3.05) is 7.11 Å². The first-order valence-corrected chi connectivity index (χ1v) is 4.33. The van der Waals surface area contributed by atoms with Gasteiger partial charge in [0.15, 0.2) is 0 Å². The summed E-state index contributed by atoms with van der Waals surface area (Å²) in [6, 6.07) is 0. The Balaban J connectivity index is 3.52. The Morgan fingerprint density at radius 2 is 2.18 bits per heavy atom. The average molecular weight is 157 g/mol. The molecule has 1 N–H and O–H groups in total. The largest absolute Gasteiger partial charge is 0.280 e. The van der Waals surface area contributed by atoms with Crippen LogP contribution in [0.2, 0.25) is 0 Å². The van der Waals surface area contributed by atoms with Gasteiger partial charge in [-0.3, -0.25) is 10.3 Å². The van der Waals surface area contributed by atoms with E-state index in [-0.39, 0.29) is 0 Å². The molecule has 11 heavy (non-hydrogen) atoms. The van der Waals surface area contributed by atoms with Crippen LogP contribution in [0, 0.1) is 0 Å². The number of allylic oxidation sites excluding steroid dienone is 2. The van der Waals surface area contributed by atoms with Crippen LogP contribution in [0.15, 0.2) is 11.8 Å². The molecule has 0 aliphatic heterocycles. The fourth-order valence-electron chi connectivity index (χ4n) is 0.870. The van der Waals surface area contributed by atoms with Gasteiger partial charge in [0.2, 0.25) is 0 Å². The van der Waals surface area contributed by atoms with E-state index in [0.29, 0.717) is 0 Å². The summed E-state index contributed by atoms with van der Waals surface area (Å²) in [5.41, 5.74) is 4.03. The van der Waals surface area contributed by atoms with E-state index >= 15 is 0 Å². The molecule has 0 bridgehead atoms. The second kappa shape index (κ2) is 7.61. The maximum atomic E-state index is 4.81. The van der Waals surface area contributed by atoms with E-state index in [9.17, 15) is 0 Å². The minimum atomic E-state index is 1.01. The molecule has 0 aromatic rings. The zero-order chi connectivity index (χ0) is 8.53.